The highest BCUT2D eigenvalue weighted by Gasteiger charge is 2.48. The van der Waals surface area contributed by atoms with Gasteiger partial charge in [0.15, 0.2) is 0 Å². The van der Waals surface area contributed by atoms with Crippen LogP contribution in [0.5, 0.6) is 0 Å². The zero-order valence-corrected chi connectivity index (χ0v) is 13.1. The molecular formula is C18H21FN2O2. The van der Waals surface area contributed by atoms with Gasteiger partial charge in [0.2, 0.25) is 11.8 Å². The van der Waals surface area contributed by atoms with E-state index in [0.717, 1.165) is 24.8 Å². The lowest BCUT2D eigenvalue weighted by Crippen LogP contribution is -2.40. The molecule has 2 amide bonds. The molecule has 0 aromatic heterocycles. The second-order valence-electron chi connectivity index (χ2n) is 7.09. The molecule has 2 saturated heterocycles. The second kappa shape index (κ2) is 5.62. The van der Waals surface area contributed by atoms with Crippen molar-refractivity contribution < 1.29 is 14.0 Å². The highest BCUT2D eigenvalue weighted by atomic mass is 19.1. The summed E-state index contributed by atoms with van der Waals surface area (Å²) in [6.45, 7) is 2.40. The van der Waals surface area contributed by atoms with Crippen molar-refractivity contribution >= 4 is 11.8 Å². The van der Waals surface area contributed by atoms with Gasteiger partial charge in [0.25, 0.3) is 0 Å². The number of rotatable bonds is 3. The van der Waals surface area contributed by atoms with E-state index in [1.807, 2.05) is 15.9 Å². The third-order valence-corrected chi connectivity index (χ3v) is 5.55. The Balaban J connectivity index is 1.39. The third kappa shape index (κ3) is 2.62. The molecule has 0 radical (unpaired) electrons. The van der Waals surface area contributed by atoms with Crippen molar-refractivity contribution in [2.24, 2.45) is 17.8 Å². The highest BCUT2D eigenvalue weighted by Crippen LogP contribution is 2.36. The smallest absolute Gasteiger partial charge is 0.228 e. The first-order valence-corrected chi connectivity index (χ1v) is 8.44. The normalized spacial score (nSPS) is 27.3. The Bertz CT molecular complexity index is 644. The molecule has 0 bridgehead atoms. The molecule has 0 N–H and O–H groups in total. The Morgan fingerprint density at radius 3 is 2.70 bits per heavy atom. The van der Waals surface area contributed by atoms with Gasteiger partial charge in [0.05, 0.1) is 5.92 Å². The second-order valence-corrected chi connectivity index (χ2v) is 7.09. The maximum Gasteiger partial charge on any atom is 0.228 e. The number of carbonyl (C=O) groups is 2. The summed E-state index contributed by atoms with van der Waals surface area (Å²) in [6.07, 6.45) is 3.16. The van der Waals surface area contributed by atoms with Crippen molar-refractivity contribution in [2.45, 2.75) is 25.8 Å². The Hall–Kier alpha value is -1.91. The standard InChI is InChI=1S/C18H21FN2O2/c19-15-6-1-3-12(7-15)8-20-9-14-10-21(11-16(14)18(20)23)17(22)13-4-2-5-13/h1,3,6-7,13-14,16H,2,4-5,8-11H2/t14-,16+/m0/s1. The number of halogens is 1. The van der Waals surface area contributed by atoms with Gasteiger partial charge in [0.1, 0.15) is 5.82 Å². The van der Waals surface area contributed by atoms with Crippen molar-refractivity contribution in [1.29, 1.82) is 0 Å². The molecule has 2 heterocycles. The maximum atomic E-state index is 13.3. The summed E-state index contributed by atoms with van der Waals surface area (Å²) in [5.74, 6) is 0.463. The van der Waals surface area contributed by atoms with Crippen LogP contribution in [0.2, 0.25) is 0 Å². The SMILES string of the molecule is O=C(C1CCC1)N1C[C@@H]2CN(Cc3cccc(F)c3)C(=O)[C@@H]2C1. The van der Waals surface area contributed by atoms with Crippen LogP contribution in [0.25, 0.3) is 0 Å². The van der Waals surface area contributed by atoms with Crippen LogP contribution in [-0.4, -0.2) is 41.2 Å². The molecule has 2 aliphatic heterocycles. The van der Waals surface area contributed by atoms with Crippen molar-refractivity contribution in [3.05, 3.63) is 35.6 Å². The van der Waals surface area contributed by atoms with E-state index in [-0.39, 0.29) is 35.4 Å². The molecule has 3 fully saturated rings. The molecule has 0 unspecified atom stereocenters. The number of hydrogen-bond donors (Lipinski definition) is 0. The molecule has 2 atom stereocenters. The summed E-state index contributed by atoms with van der Waals surface area (Å²) < 4.78 is 13.3. The predicted octanol–water partition coefficient (Wildman–Crippen LogP) is 2.04. The Morgan fingerprint density at radius 1 is 1.22 bits per heavy atom. The fraction of sp³-hybridized carbons (Fsp3) is 0.556. The van der Waals surface area contributed by atoms with E-state index < -0.39 is 0 Å². The minimum atomic E-state index is -0.272. The van der Waals surface area contributed by atoms with Crippen LogP contribution < -0.4 is 0 Å². The molecule has 0 spiro atoms. The molecule has 1 aliphatic carbocycles. The Kier molecular flexibility index (Phi) is 3.58. The number of nitrogens with zero attached hydrogens (tertiary/aromatic N) is 2. The van der Waals surface area contributed by atoms with Crippen molar-refractivity contribution in [3.8, 4) is 0 Å². The summed E-state index contributed by atoms with van der Waals surface area (Å²) in [5, 5.41) is 0. The van der Waals surface area contributed by atoms with E-state index >= 15 is 0 Å². The first kappa shape index (κ1) is 14.7. The summed E-state index contributed by atoms with van der Waals surface area (Å²) >= 11 is 0. The lowest BCUT2D eigenvalue weighted by molar-refractivity contribution is -0.138. The Morgan fingerprint density at radius 2 is 2.04 bits per heavy atom. The van der Waals surface area contributed by atoms with Gasteiger partial charge >= 0.3 is 0 Å². The zero-order valence-electron chi connectivity index (χ0n) is 13.1. The molecule has 4 nitrogen and oxygen atoms in total. The first-order valence-electron chi connectivity index (χ1n) is 8.44. The van der Waals surface area contributed by atoms with Gasteiger partial charge in [0, 0.05) is 38.0 Å². The minimum Gasteiger partial charge on any atom is -0.341 e. The van der Waals surface area contributed by atoms with E-state index in [9.17, 15) is 14.0 Å². The van der Waals surface area contributed by atoms with E-state index in [4.69, 9.17) is 0 Å². The maximum absolute atomic E-state index is 13.3. The molecule has 4 rings (SSSR count). The van der Waals surface area contributed by atoms with Crippen molar-refractivity contribution in [1.82, 2.24) is 9.80 Å². The summed E-state index contributed by atoms with van der Waals surface area (Å²) in [5.41, 5.74) is 0.820. The number of amides is 2. The molecule has 1 aromatic carbocycles. The van der Waals surface area contributed by atoms with Crippen LogP contribution in [0.15, 0.2) is 24.3 Å². The molecule has 5 heteroatoms. The number of hydrogen-bond acceptors (Lipinski definition) is 2. The third-order valence-electron chi connectivity index (χ3n) is 5.55. The first-order chi connectivity index (χ1) is 11.1. The molecule has 122 valence electrons. The molecule has 3 aliphatic rings. The van der Waals surface area contributed by atoms with Crippen LogP contribution in [0.3, 0.4) is 0 Å². The van der Waals surface area contributed by atoms with Gasteiger partial charge in [-0.3, -0.25) is 9.59 Å². The molecule has 23 heavy (non-hydrogen) atoms. The predicted molar refractivity (Wildman–Crippen MR) is 82.7 cm³/mol. The van der Waals surface area contributed by atoms with Crippen LogP contribution in [0.1, 0.15) is 24.8 Å². The van der Waals surface area contributed by atoms with Crippen molar-refractivity contribution in [2.75, 3.05) is 19.6 Å². The average Bonchev–Trinajstić information content (AvgIpc) is 2.98. The lowest BCUT2D eigenvalue weighted by atomic mass is 9.84. The van der Waals surface area contributed by atoms with Gasteiger partial charge < -0.3 is 9.80 Å². The fourth-order valence-electron chi connectivity index (χ4n) is 4.04. The van der Waals surface area contributed by atoms with Gasteiger partial charge in [-0.1, -0.05) is 18.6 Å². The van der Waals surface area contributed by atoms with E-state index in [1.165, 1.54) is 12.1 Å². The fourth-order valence-corrected chi connectivity index (χ4v) is 4.04. The van der Waals surface area contributed by atoms with Crippen LogP contribution in [-0.2, 0) is 16.1 Å². The quantitative estimate of drug-likeness (QED) is 0.856. The number of carbonyl (C=O) groups excluding carboxylic acids is 2. The van der Waals surface area contributed by atoms with Crippen molar-refractivity contribution in [3.63, 3.8) is 0 Å². The van der Waals surface area contributed by atoms with Gasteiger partial charge in [-0.2, -0.15) is 0 Å². The summed E-state index contributed by atoms with van der Waals surface area (Å²) in [6, 6.07) is 6.41. The van der Waals surface area contributed by atoms with Crippen LogP contribution >= 0.6 is 0 Å². The van der Waals surface area contributed by atoms with Gasteiger partial charge in [-0.25, -0.2) is 4.39 Å². The monoisotopic (exact) mass is 316 g/mol. The number of benzene rings is 1. The van der Waals surface area contributed by atoms with Crippen LogP contribution in [0, 0.1) is 23.6 Å². The number of likely N-dealkylation sites (tertiary alicyclic amines) is 2. The van der Waals surface area contributed by atoms with Gasteiger partial charge in [-0.15, -0.1) is 0 Å². The summed E-state index contributed by atoms with van der Waals surface area (Å²) in [4.78, 5) is 28.6. The minimum absolute atomic E-state index is 0.0624. The molecular weight excluding hydrogens is 295 g/mol. The molecule has 1 aromatic rings. The Labute approximate surface area is 135 Å². The van der Waals surface area contributed by atoms with E-state index in [2.05, 4.69) is 0 Å². The average molecular weight is 316 g/mol. The summed E-state index contributed by atoms with van der Waals surface area (Å²) in [7, 11) is 0. The topological polar surface area (TPSA) is 40.6 Å². The molecule has 1 saturated carbocycles. The number of fused-ring (bicyclic) bond motifs is 1. The van der Waals surface area contributed by atoms with E-state index in [1.54, 1.807) is 6.07 Å². The zero-order chi connectivity index (χ0) is 16.0. The highest BCUT2D eigenvalue weighted by molar-refractivity contribution is 5.85. The lowest BCUT2D eigenvalue weighted by Gasteiger charge is -2.30. The largest absolute Gasteiger partial charge is 0.341 e. The van der Waals surface area contributed by atoms with Gasteiger partial charge in [-0.05, 0) is 30.5 Å². The van der Waals surface area contributed by atoms with Crippen LogP contribution in [0.4, 0.5) is 4.39 Å². The van der Waals surface area contributed by atoms with E-state index in [0.29, 0.717) is 26.2 Å².